The van der Waals surface area contributed by atoms with Crippen LogP contribution in [-0.2, 0) is 4.79 Å². The standard InChI is InChI=1S/C11H14N2O2/c1-7(12)11(14)13-9-6-15-10-5-3-2-4-8(9)10/h2-5,7,9H,6,12H2,1H3,(H,13,14)/t7-,9?/m1/s1. The van der Waals surface area contributed by atoms with Crippen molar-refractivity contribution in [2.45, 2.75) is 19.0 Å². The summed E-state index contributed by atoms with van der Waals surface area (Å²) in [6.45, 7) is 2.15. The van der Waals surface area contributed by atoms with E-state index in [4.69, 9.17) is 10.5 Å². The molecule has 0 fully saturated rings. The Balaban J connectivity index is 2.11. The van der Waals surface area contributed by atoms with Crippen LogP contribution < -0.4 is 15.8 Å². The number of amides is 1. The molecule has 80 valence electrons. The van der Waals surface area contributed by atoms with Crippen molar-refractivity contribution in [3.05, 3.63) is 29.8 Å². The van der Waals surface area contributed by atoms with Crippen LogP contribution in [0.1, 0.15) is 18.5 Å². The first-order valence-electron chi connectivity index (χ1n) is 4.96. The largest absolute Gasteiger partial charge is 0.491 e. The van der Waals surface area contributed by atoms with Crippen LogP contribution in [0, 0.1) is 0 Å². The zero-order valence-corrected chi connectivity index (χ0v) is 8.57. The van der Waals surface area contributed by atoms with E-state index in [-0.39, 0.29) is 11.9 Å². The zero-order chi connectivity index (χ0) is 10.8. The highest BCUT2D eigenvalue weighted by Gasteiger charge is 2.25. The molecule has 2 rings (SSSR count). The number of carbonyl (C=O) groups excluding carboxylic acids is 1. The first kappa shape index (κ1) is 9.98. The van der Waals surface area contributed by atoms with Gasteiger partial charge in [-0.2, -0.15) is 0 Å². The van der Waals surface area contributed by atoms with Gasteiger partial charge in [0.2, 0.25) is 5.91 Å². The number of nitrogens with two attached hydrogens (primary N) is 1. The Bertz CT molecular complexity index is 377. The van der Waals surface area contributed by atoms with Gasteiger partial charge in [0.25, 0.3) is 0 Å². The Hall–Kier alpha value is -1.55. The van der Waals surface area contributed by atoms with E-state index in [1.54, 1.807) is 6.92 Å². The molecule has 0 aliphatic carbocycles. The minimum Gasteiger partial charge on any atom is -0.491 e. The van der Waals surface area contributed by atoms with Crippen molar-refractivity contribution < 1.29 is 9.53 Å². The van der Waals surface area contributed by atoms with Crippen LogP contribution in [-0.4, -0.2) is 18.6 Å². The number of carbonyl (C=O) groups is 1. The average Bonchev–Trinajstić information content (AvgIpc) is 2.62. The quantitative estimate of drug-likeness (QED) is 0.744. The SMILES string of the molecule is C[C@@H](N)C(=O)NC1COc2ccccc21. The zero-order valence-electron chi connectivity index (χ0n) is 8.57. The van der Waals surface area contributed by atoms with Gasteiger partial charge in [0.1, 0.15) is 12.4 Å². The highest BCUT2D eigenvalue weighted by molar-refractivity contribution is 5.81. The monoisotopic (exact) mass is 206 g/mol. The molecule has 1 aliphatic heterocycles. The fraction of sp³-hybridized carbons (Fsp3) is 0.364. The number of benzene rings is 1. The molecule has 0 spiro atoms. The summed E-state index contributed by atoms with van der Waals surface area (Å²) in [7, 11) is 0. The van der Waals surface area contributed by atoms with E-state index in [0.717, 1.165) is 11.3 Å². The lowest BCUT2D eigenvalue weighted by molar-refractivity contribution is -0.122. The summed E-state index contributed by atoms with van der Waals surface area (Å²) in [6, 6.07) is 7.13. The Morgan fingerprint density at radius 1 is 1.60 bits per heavy atom. The van der Waals surface area contributed by atoms with Gasteiger partial charge in [-0.3, -0.25) is 4.79 Å². The molecule has 15 heavy (non-hydrogen) atoms. The van der Waals surface area contributed by atoms with Gasteiger partial charge < -0.3 is 15.8 Å². The third-order valence-electron chi connectivity index (χ3n) is 2.43. The normalized spacial score (nSPS) is 20.3. The van der Waals surface area contributed by atoms with Gasteiger partial charge >= 0.3 is 0 Å². The Kier molecular flexibility index (Phi) is 2.60. The summed E-state index contributed by atoms with van der Waals surface area (Å²) in [5.74, 6) is 0.688. The molecule has 1 aliphatic rings. The first-order valence-corrected chi connectivity index (χ1v) is 4.96. The lowest BCUT2D eigenvalue weighted by Gasteiger charge is -2.13. The summed E-state index contributed by atoms with van der Waals surface area (Å²) in [6.07, 6.45) is 0. The molecule has 2 atom stereocenters. The fourth-order valence-corrected chi connectivity index (χ4v) is 1.59. The third-order valence-corrected chi connectivity index (χ3v) is 2.43. The van der Waals surface area contributed by atoms with Crippen LogP contribution in [0.15, 0.2) is 24.3 Å². The molecule has 4 nitrogen and oxygen atoms in total. The van der Waals surface area contributed by atoms with Crippen LogP contribution in [0.25, 0.3) is 0 Å². The minimum absolute atomic E-state index is 0.0697. The van der Waals surface area contributed by atoms with Gasteiger partial charge in [-0.1, -0.05) is 18.2 Å². The van der Waals surface area contributed by atoms with Crippen LogP contribution in [0.5, 0.6) is 5.75 Å². The number of hydrogen-bond acceptors (Lipinski definition) is 3. The van der Waals surface area contributed by atoms with E-state index in [1.807, 2.05) is 24.3 Å². The number of hydrogen-bond donors (Lipinski definition) is 2. The molecule has 1 aromatic carbocycles. The van der Waals surface area contributed by atoms with E-state index in [9.17, 15) is 4.79 Å². The lowest BCUT2D eigenvalue weighted by Crippen LogP contribution is -2.40. The molecule has 0 radical (unpaired) electrons. The van der Waals surface area contributed by atoms with Crippen molar-refractivity contribution in [3.63, 3.8) is 0 Å². The molecular formula is C11H14N2O2. The first-order chi connectivity index (χ1) is 7.18. The molecule has 1 amide bonds. The average molecular weight is 206 g/mol. The van der Waals surface area contributed by atoms with Gasteiger partial charge in [-0.05, 0) is 13.0 Å². The lowest BCUT2D eigenvalue weighted by atomic mass is 10.1. The Labute approximate surface area is 88.4 Å². The van der Waals surface area contributed by atoms with Crippen molar-refractivity contribution in [2.75, 3.05) is 6.61 Å². The highest BCUT2D eigenvalue weighted by Crippen LogP contribution is 2.31. The van der Waals surface area contributed by atoms with Crippen LogP contribution in [0.3, 0.4) is 0 Å². The number of para-hydroxylation sites is 1. The minimum atomic E-state index is -0.488. The fourth-order valence-electron chi connectivity index (χ4n) is 1.59. The van der Waals surface area contributed by atoms with Gasteiger partial charge in [-0.15, -0.1) is 0 Å². The molecule has 1 heterocycles. The summed E-state index contributed by atoms with van der Waals surface area (Å²) in [4.78, 5) is 11.4. The molecule has 4 heteroatoms. The molecule has 0 saturated carbocycles. The maximum atomic E-state index is 11.4. The maximum Gasteiger partial charge on any atom is 0.237 e. The van der Waals surface area contributed by atoms with Gasteiger partial charge in [0.05, 0.1) is 12.1 Å². The molecular weight excluding hydrogens is 192 g/mol. The second kappa shape index (κ2) is 3.90. The van der Waals surface area contributed by atoms with Gasteiger partial charge in [0, 0.05) is 5.56 Å². The summed E-state index contributed by atoms with van der Waals surface area (Å²) < 4.78 is 5.44. The van der Waals surface area contributed by atoms with E-state index in [2.05, 4.69) is 5.32 Å². The smallest absolute Gasteiger partial charge is 0.237 e. The van der Waals surface area contributed by atoms with Crippen molar-refractivity contribution in [3.8, 4) is 5.75 Å². The van der Waals surface area contributed by atoms with Gasteiger partial charge in [0.15, 0.2) is 0 Å². The predicted octanol–water partition coefficient (Wildman–Crippen LogP) is 0.583. The summed E-state index contributed by atoms with van der Waals surface area (Å²) in [5, 5.41) is 2.85. The van der Waals surface area contributed by atoms with E-state index in [0.29, 0.717) is 6.61 Å². The van der Waals surface area contributed by atoms with Crippen molar-refractivity contribution in [1.29, 1.82) is 0 Å². The maximum absolute atomic E-state index is 11.4. The van der Waals surface area contributed by atoms with Crippen molar-refractivity contribution in [1.82, 2.24) is 5.32 Å². The summed E-state index contributed by atoms with van der Waals surface area (Å²) in [5.41, 5.74) is 6.50. The van der Waals surface area contributed by atoms with Crippen molar-refractivity contribution in [2.24, 2.45) is 5.73 Å². The van der Waals surface area contributed by atoms with Crippen LogP contribution in [0.4, 0.5) is 0 Å². The third kappa shape index (κ3) is 1.94. The van der Waals surface area contributed by atoms with Gasteiger partial charge in [-0.25, -0.2) is 0 Å². The number of rotatable bonds is 2. The number of nitrogens with one attached hydrogen (secondary N) is 1. The molecule has 1 aromatic rings. The Morgan fingerprint density at radius 3 is 3.07 bits per heavy atom. The van der Waals surface area contributed by atoms with E-state index < -0.39 is 6.04 Å². The highest BCUT2D eigenvalue weighted by atomic mass is 16.5. The molecule has 1 unspecified atom stereocenters. The summed E-state index contributed by atoms with van der Waals surface area (Å²) >= 11 is 0. The predicted molar refractivity (Wildman–Crippen MR) is 56.5 cm³/mol. The number of fused-ring (bicyclic) bond motifs is 1. The topological polar surface area (TPSA) is 64.4 Å². The van der Waals surface area contributed by atoms with Crippen LogP contribution >= 0.6 is 0 Å². The molecule has 0 saturated heterocycles. The Morgan fingerprint density at radius 2 is 2.33 bits per heavy atom. The van der Waals surface area contributed by atoms with Crippen LogP contribution in [0.2, 0.25) is 0 Å². The molecule has 0 aromatic heterocycles. The van der Waals surface area contributed by atoms with E-state index >= 15 is 0 Å². The second-order valence-corrected chi connectivity index (χ2v) is 3.70. The van der Waals surface area contributed by atoms with Crippen molar-refractivity contribution >= 4 is 5.91 Å². The second-order valence-electron chi connectivity index (χ2n) is 3.70. The van der Waals surface area contributed by atoms with E-state index in [1.165, 1.54) is 0 Å². The number of ether oxygens (including phenoxy) is 1. The molecule has 3 N–H and O–H groups in total. The molecule has 0 bridgehead atoms.